The SMILES string of the molecule is O=C1CCC(N2C(=O)c3cccc(NC(=O)Cn4cc(-c5n[nH]c6ccccc56)nn4)c3C2=O)C(=O)N1. The standard InChI is InChI=1S/C24H18N8O5/c33-18-9-8-17(22(35)26-18)32-23(36)13-5-3-7-15(20(13)24(32)37)25-19(34)11-31-10-16(28-30-31)21-12-4-1-2-6-14(12)27-29-21/h1-7,10,17H,8-9,11H2,(H,25,34)(H,27,29)(H,26,33,35). The number of hydrogen-bond acceptors (Lipinski definition) is 8. The first-order chi connectivity index (χ1) is 17.9. The van der Waals surface area contributed by atoms with Crippen LogP contribution in [0.3, 0.4) is 0 Å². The van der Waals surface area contributed by atoms with Crippen molar-refractivity contribution in [2.24, 2.45) is 0 Å². The van der Waals surface area contributed by atoms with Gasteiger partial charge in [0, 0.05) is 11.8 Å². The van der Waals surface area contributed by atoms with E-state index in [2.05, 4.69) is 31.1 Å². The number of hydrogen-bond donors (Lipinski definition) is 3. The molecule has 13 nitrogen and oxygen atoms in total. The second-order valence-corrected chi connectivity index (χ2v) is 8.64. The summed E-state index contributed by atoms with van der Waals surface area (Å²) < 4.78 is 1.33. The van der Waals surface area contributed by atoms with Gasteiger partial charge in [-0.25, -0.2) is 4.68 Å². The zero-order chi connectivity index (χ0) is 25.7. The molecule has 2 aromatic heterocycles. The Morgan fingerprint density at radius 3 is 2.73 bits per heavy atom. The summed E-state index contributed by atoms with van der Waals surface area (Å²) in [4.78, 5) is 63.6. The number of aromatic amines is 1. The van der Waals surface area contributed by atoms with E-state index in [0.717, 1.165) is 15.8 Å². The van der Waals surface area contributed by atoms with E-state index in [0.29, 0.717) is 11.4 Å². The van der Waals surface area contributed by atoms with Gasteiger partial charge in [-0.05, 0) is 24.6 Å². The molecule has 4 aromatic rings. The number of piperidine rings is 1. The second kappa shape index (κ2) is 8.48. The molecule has 0 aliphatic carbocycles. The van der Waals surface area contributed by atoms with Crippen LogP contribution in [0.5, 0.6) is 0 Å². The number of carbonyl (C=O) groups excluding carboxylic acids is 5. The first-order valence-corrected chi connectivity index (χ1v) is 11.4. The molecule has 1 atom stereocenters. The van der Waals surface area contributed by atoms with Crippen LogP contribution in [0.15, 0.2) is 48.7 Å². The highest BCUT2D eigenvalue weighted by molar-refractivity contribution is 6.26. The Morgan fingerprint density at radius 1 is 1.05 bits per heavy atom. The van der Waals surface area contributed by atoms with Crippen LogP contribution in [0.2, 0.25) is 0 Å². The molecule has 0 radical (unpaired) electrons. The van der Waals surface area contributed by atoms with Gasteiger partial charge in [-0.15, -0.1) is 5.10 Å². The highest BCUT2D eigenvalue weighted by Gasteiger charge is 2.45. The Morgan fingerprint density at radius 2 is 1.89 bits per heavy atom. The average molecular weight is 498 g/mol. The van der Waals surface area contributed by atoms with E-state index in [-0.39, 0.29) is 36.2 Å². The number of H-pyrrole nitrogens is 1. The number of benzene rings is 2. The van der Waals surface area contributed by atoms with Gasteiger partial charge in [0.05, 0.1) is 28.5 Å². The molecule has 0 saturated carbocycles. The van der Waals surface area contributed by atoms with E-state index in [9.17, 15) is 24.0 Å². The van der Waals surface area contributed by atoms with Crippen molar-refractivity contribution < 1.29 is 24.0 Å². The number of rotatable bonds is 5. The monoisotopic (exact) mass is 498 g/mol. The van der Waals surface area contributed by atoms with Gasteiger partial charge >= 0.3 is 0 Å². The van der Waals surface area contributed by atoms with E-state index in [1.165, 1.54) is 22.9 Å². The number of amides is 5. The molecule has 2 aliphatic heterocycles. The average Bonchev–Trinajstić information content (AvgIpc) is 3.57. The third kappa shape index (κ3) is 3.73. The van der Waals surface area contributed by atoms with Crippen LogP contribution in [0.1, 0.15) is 33.6 Å². The summed E-state index contributed by atoms with van der Waals surface area (Å²) in [6, 6.07) is 10.9. The molecule has 1 fully saturated rings. The normalized spacial score (nSPS) is 17.3. The van der Waals surface area contributed by atoms with Gasteiger partial charge in [-0.3, -0.25) is 39.3 Å². The summed E-state index contributed by atoms with van der Waals surface area (Å²) in [7, 11) is 0. The fourth-order valence-corrected chi connectivity index (χ4v) is 4.60. The van der Waals surface area contributed by atoms with Crippen molar-refractivity contribution in [2.45, 2.75) is 25.4 Å². The predicted octanol–water partition coefficient (Wildman–Crippen LogP) is 0.861. The quantitative estimate of drug-likeness (QED) is 0.340. The lowest BCUT2D eigenvalue weighted by atomic mass is 10.0. The molecule has 0 bridgehead atoms. The molecule has 2 aromatic carbocycles. The van der Waals surface area contributed by atoms with E-state index in [4.69, 9.17) is 0 Å². The van der Waals surface area contributed by atoms with Gasteiger partial charge in [0.2, 0.25) is 17.7 Å². The van der Waals surface area contributed by atoms with Gasteiger partial charge in [0.25, 0.3) is 11.8 Å². The number of carbonyl (C=O) groups is 5. The van der Waals surface area contributed by atoms with Crippen LogP contribution >= 0.6 is 0 Å². The fourth-order valence-electron chi connectivity index (χ4n) is 4.60. The van der Waals surface area contributed by atoms with E-state index >= 15 is 0 Å². The molecule has 1 unspecified atom stereocenters. The lowest BCUT2D eigenvalue weighted by molar-refractivity contribution is -0.136. The molecule has 0 spiro atoms. The van der Waals surface area contributed by atoms with Crippen LogP contribution in [0, 0.1) is 0 Å². The third-order valence-corrected chi connectivity index (χ3v) is 6.30. The van der Waals surface area contributed by atoms with E-state index in [1.807, 2.05) is 24.3 Å². The van der Waals surface area contributed by atoms with Gasteiger partial charge in [-0.1, -0.05) is 29.5 Å². The van der Waals surface area contributed by atoms with Crippen molar-refractivity contribution in [3.05, 3.63) is 59.8 Å². The summed E-state index contributed by atoms with van der Waals surface area (Å²) >= 11 is 0. The molecular weight excluding hydrogens is 480 g/mol. The first-order valence-electron chi connectivity index (χ1n) is 11.4. The smallest absolute Gasteiger partial charge is 0.264 e. The Hall–Kier alpha value is -5.20. The van der Waals surface area contributed by atoms with Crippen molar-refractivity contribution in [1.29, 1.82) is 0 Å². The molecule has 3 N–H and O–H groups in total. The summed E-state index contributed by atoms with van der Waals surface area (Å²) in [6.07, 6.45) is 1.64. The highest BCUT2D eigenvalue weighted by Crippen LogP contribution is 2.32. The number of imide groups is 2. The van der Waals surface area contributed by atoms with Crippen molar-refractivity contribution in [1.82, 2.24) is 35.4 Å². The van der Waals surface area contributed by atoms with Crippen LogP contribution in [0.25, 0.3) is 22.3 Å². The van der Waals surface area contributed by atoms with E-state index < -0.39 is 35.6 Å². The number of nitrogens with zero attached hydrogens (tertiary/aromatic N) is 5. The molecular formula is C24H18N8O5. The number of fused-ring (bicyclic) bond motifs is 2. The molecule has 6 rings (SSSR count). The summed E-state index contributed by atoms with van der Waals surface area (Å²) in [5.74, 6) is -3.03. The minimum absolute atomic E-state index is 0.00665. The van der Waals surface area contributed by atoms with Gasteiger partial charge in [0.15, 0.2) is 0 Å². The molecule has 13 heteroatoms. The Kier molecular flexibility index (Phi) is 5.10. The predicted molar refractivity (Wildman–Crippen MR) is 127 cm³/mol. The second-order valence-electron chi connectivity index (χ2n) is 8.64. The van der Waals surface area contributed by atoms with E-state index in [1.54, 1.807) is 6.20 Å². The topological polar surface area (TPSA) is 172 Å². The first kappa shape index (κ1) is 22.3. The lowest BCUT2D eigenvalue weighted by Gasteiger charge is -2.27. The molecule has 37 heavy (non-hydrogen) atoms. The minimum Gasteiger partial charge on any atom is -0.324 e. The van der Waals surface area contributed by atoms with Gasteiger partial charge < -0.3 is 5.32 Å². The Labute approximate surface area is 207 Å². The van der Waals surface area contributed by atoms with Crippen molar-refractivity contribution in [3.63, 3.8) is 0 Å². The van der Waals surface area contributed by atoms with Gasteiger partial charge in [-0.2, -0.15) is 5.10 Å². The zero-order valence-corrected chi connectivity index (χ0v) is 19.1. The molecule has 1 saturated heterocycles. The number of anilines is 1. The molecule has 5 amide bonds. The summed E-state index contributed by atoms with van der Waals surface area (Å²) in [5, 5.41) is 21.0. The lowest BCUT2D eigenvalue weighted by Crippen LogP contribution is -2.54. The van der Waals surface area contributed by atoms with Crippen molar-refractivity contribution >= 4 is 46.1 Å². The highest BCUT2D eigenvalue weighted by atomic mass is 16.2. The maximum atomic E-state index is 13.2. The van der Waals surface area contributed by atoms with Gasteiger partial charge in [0.1, 0.15) is 24.0 Å². The van der Waals surface area contributed by atoms with Crippen molar-refractivity contribution in [2.75, 3.05) is 5.32 Å². The molecule has 4 heterocycles. The summed E-state index contributed by atoms with van der Waals surface area (Å²) in [5.41, 5.74) is 2.11. The maximum Gasteiger partial charge on any atom is 0.264 e. The number of para-hydroxylation sites is 1. The summed E-state index contributed by atoms with van der Waals surface area (Å²) in [6.45, 7) is -0.210. The van der Waals surface area contributed by atoms with Crippen LogP contribution < -0.4 is 10.6 Å². The van der Waals surface area contributed by atoms with Crippen molar-refractivity contribution in [3.8, 4) is 11.4 Å². The van der Waals surface area contributed by atoms with Crippen LogP contribution in [0.4, 0.5) is 5.69 Å². The fraction of sp³-hybridized carbons (Fsp3) is 0.167. The molecule has 2 aliphatic rings. The molecule has 184 valence electrons. The number of aromatic nitrogens is 5. The third-order valence-electron chi connectivity index (χ3n) is 6.30. The Bertz CT molecular complexity index is 1640. The largest absolute Gasteiger partial charge is 0.324 e. The zero-order valence-electron chi connectivity index (χ0n) is 19.1. The number of nitrogens with one attached hydrogen (secondary N) is 3. The van der Waals surface area contributed by atoms with Crippen LogP contribution in [-0.4, -0.2) is 65.7 Å². The van der Waals surface area contributed by atoms with Crippen LogP contribution in [-0.2, 0) is 20.9 Å². The maximum absolute atomic E-state index is 13.2. The Balaban J connectivity index is 1.20. The minimum atomic E-state index is -1.10.